The van der Waals surface area contributed by atoms with E-state index in [-0.39, 0.29) is 6.04 Å². The molecule has 20 heavy (non-hydrogen) atoms. The number of hydrogen-bond donors (Lipinski definition) is 2. The average molecular weight is 314 g/mol. The molecular weight excluding hydrogens is 294 g/mol. The number of piperidine rings is 1. The Morgan fingerprint density at radius 1 is 1.30 bits per heavy atom. The van der Waals surface area contributed by atoms with Crippen LogP contribution < -0.4 is 15.5 Å². The van der Waals surface area contributed by atoms with Crippen molar-refractivity contribution < 1.29 is 0 Å². The number of rotatable bonds is 3. The number of hydrogen-bond acceptors (Lipinski definition) is 4. The van der Waals surface area contributed by atoms with Crippen LogP contribution in [0.1, 0.15) is 33.1 Å². The van der Waals surface area contributed by atoms with Crippen molar-refractivity contribution in [2.45, 2.75) is 39.2 Å². The summed E-state index contributed by atoms with van der Waals surface area (Å²) in [7, 11) is 0. The molecule has 0 bridgehead atoms. The maximum atomic E-state index is 6.08. The first-order chi connectivity index (χ1) is 9.54. The molecule has 0 aliphatic carbocycles. The van der Waals surface area contributed by atoms with E-state index in [1.807, 2.05) is 13.8 Å². The lowest BCUT2D eigenvalue weighted by Crippen LogP contribution is -2.35. The molecular formula is C13H20ClN5S. The number of thiocarbonyl (C=S) groups is 1. The van der Waals surface area contributed by atoms with Gasteiger partial charge in [-0.05, 0) is 45.3 Å². The normalized spacial score (nSPS) is 15.3. The zero-order chi connectivity index (χ0) is 14.5. The number of aromatic nitrogens is 2. The van der Waals surface area contributed by atoms with Crippen molar-refractivity contribution in [3.63, 3.8) is 0 Å². The first-order valence-electron chi connectivity index (χ1n) is 6.91. The van der Waals surface area contributed by atoms with E-state index in [1.165, 1.54) is 19.3 Å². The third-order valence-electron chi connectivity index (χ3n) is 3.01. The molecule has 2 heterocycles. The molecule has 1 aromatic rings. The van der Waals surface area contributed by atoms with Crippen molar-refractivity contribution in [2.75, 3.05) is 23.3 Å². The van der Waals surface area contributed by atoms with Crippen LogP contribution in [0, 0.1) is 0 Å². The van der Waals surface area contributed by atoms with Gasteiger partial charge in [0.25, 0.3) is 0 Å². The van der Waals surface area contributed by atoms with E-state index in [4.69, 9.17) is 23.8 Å². The molecule has 2 rings (SSSR count). The molecule has 1 fully saturated rings. The smallest absolute Gasteiger partial charge is 0.232 e. The SMILES string of the molecule is CC(C)NC(=S)Nc1nc(Cl)cc(N2CCCCC2)n1. The van der Waals surface area contributed by atoms with Gasteiger partial charge < -0.3 is 15.5 Å². The van der Waals surface area contributed by atoms with Crippen molar-refractivity contribution in [1.82, 2.24) is 15.3 Å². The van der Waals surface area contributed by atoms with Crippen LogP contribution in [0.4, 0.5) is 11.8 Å². The van der Waals surface area contributed by atoms with Gasteiger partial charge in [0.2, 0.25) is 5.95 Å². The molecule has 0 saturated carbocycles. The lowest BCUT2D eigenvalue weighted by atomic mass is 10.1. The summed E-state index contributed by atoms with van der Waals surface area (Å²) < 4.78 is 0. The fraction of sp³-hybridized carbons (Fsp3) is 0.615. The Bertz CT molecular complexity index is 474. The van der Waals surface area contributed by atoms with Gasteiger partial charge in [-0.15, -0.1) is 0 Å². The number of nitrogens with one attached hydrogen (secondary N) is 2. The Morgan fingerprint density at radius 3 is 2.65 bits per heavy atom. The number of halogens is 1. The molecule has 0 radical (unpaired) electrons. The van der Waals surface area contributed by atoms with Crippen molar-refractivity contribution >= 4 is 40.7 Å². The van der Waals surface area contributed by atoms with Crippen LogP contribution in [0.25, 0.3) is 0 Å². The maximum absolute atomic E-state index is 6.08. The van der Waals surface area contributed by atoms with E-state index < -0.39 is 0 Å². The average Bonchev–Trinajstić information content (AvgIpc) is 2.38. The molecule has 7 heteroatoms. The minimum atomic E-state index is 0.260. The highest BCUT2D eigenvalue weighted by molar-refractivity contribution is 7.80. The van der Waals surface area contributed by atoms with Crippen molar-refractivity contribution in [2.24, 2.45) is 0 Å². The van der Waals surface area contributed by atoms with E-state index in [2.05, 4.69) is 25.5 Å². The summed E-state index contributed by atoms with van der Waals surface area (Å²) in [6, 6.07) is 2.06. The Kier molecular flexibility index (Phi) is 5.37. The zero-order valence-electron chi connectivity index (χ0n) is 11.8. The summed E-state index contributed by atoms with van der Waals surface area (Å²) in [6.07, 6.45) is 3.66. The van der Waals surface area contributed by atoms with Gasteiger partial charge in [0, 0.05) is 25.2 Å². The van der Waals surface area contributed by atoms with E-state index >= 15 is 0 Å². The third-order valence-corrected chi connectivity index (χ3v) is 3.42. The Balaban J connectivity index is 2.09. The van der Waals surface area contributed by atoms with Gasteiger partial charge in [0.05, 0.1) is 0 Å². The molecule has 110 valence electrons. The largest absolute Gasteiger partial charge is 0.360 e. The first-order valence-corrected chi connectivity index (χ1v) is 7.70. The summed E-state index contributed by atoms with van der Waals surface area (Å²) >= 11 is 11.3. The van der Waals surface area contributed by atoms with E-state index in [1.54, 1.807) is 6.07 Å². The number of anilines is 2. The minimum absolute atomic E-state index is 0.260. The zero-order valence-corrected chi connectivity index (χ0v) is 13.4. The van der Waals surface area contributed by atoms with Crippen molar-refractivity contribution in [3.8, 4) is 0 Å². The standard InChI is InChI=1S/C13H20ClN5S/c1-9(2)15-13(20)18-12-16-10(14)8-11(17-12)19-6-4-3-5-7-19/h8-9H,3-7H2,1-2H3,(H2,15,16,17,18,20). The molecule has 1 aromatic heterocycles. The van der Waals surface area contributed by atoms with Gasteiger partial charge in [-0.3, -0.25) is 0 Å². The molecule has 0 spiro atoms. The molecule has 0 atom stereocenters. The highest BCUT2D eigenvalue weighted by Crippen LogP contribution is 2.21. The van der Waals surface area contributed by atoms with Gasteiger partial charge in [-0.1, -0.05) is 11.6 Å². The number of nitrogens with zero attached hydrogens (tertiary/aromatic N) is 3. The molecule has 2 N–H and O–H groups in total. The van der Waals surface area contributed by atoms with Crippen molar-refractivity contribution in [1.29, 1.82) is 0 Å². The van der Waals surface area contributed by atoms with Crippen LogP contribution in [0.5, 0.6) is 0 Å². The van der Waals surface area contributed by atoms with Gasteiger partial charge in [0.1, 0.15) is 11.0 Å². The van der Waals surface area contributed by atoms with E-state index in [0.29, 0.717) is 16.2 Å². The Morgan fingerprint density at radius 2 is 2.00 bits per heavy atom. The second kappa shape index (κ2) is 7.04. The Hall–Kier alpha value is -1.14. The summed E-state index contributed by atoms with van der Waals surface area (Å²) in [5.74, 6) is 1.30. The molecule has 0 aromatic carbocycles. The second-order valence-corrected chi connectivity index (χ2v) is 5.97. The lowest BCUT2D eigenvalue weighted by molar-refractivity contribution is 0.573. The molecule has 0 unspecified atom stereocenters. The van der Waals surface area contributed by atoms with Gasteiger partial charge in [-0.25, -0.2) is 4.98 Å². The van der Waals surface area contributed by atoms with Crippen LogP contribution in [0.15, 0.2) is 6.07 Å². The maximum Gasteiger partial charge on any atom is 0.232 e. The predicted octanol–water partition coefficient (Wildman–Crippen LogP) is 2.82. The highest BCUT2D eigenvalue weighted by atomic mass is 35.5. The van der Waals surface area contributed by atoms with Crippen molar-refractivity contribution in [3.05, 3.63) is 11.2 Å². The van der Waals surface area contributed by atoms with E-state index in [0.717, 1.165) is 18.9 Å². The molecule has 1 saturated heterocycles. The molecule has 0 amide bonds. The topological polar surface area (TPSA) is 53.1 Å². The van der Waals surface area contributed by atoms with Gasteiger partial charge in [0.15, 0.2) is 5.11 Å². The van der Waals surface area contributed by atoms with Crippen LogP contribution in [-0.2, 0) is 0 Å². The van der Waals surface area contributed by atoms with Crippen LogP contribution in [0.3, 0.4) is 0 Å². The monoisotopic (exact) mass is 313 g/mol. The Labute approximate surface area is 130 Å². The first kappa shape index (κ1) is 15.3. The second-order valence-electron chi connectivity index (χ2n) is 5.17. The fourth-order valence-corrected chi connectivity index (χ4v) is 2.65. The lowest BCUT2D eigenvalue weighted by Gasteiger charge is -2.28. The highest BCUT2D eigenvalue weighted by Gasteiger charge is 2.14. The fourth-order valence-electron chi connectivity index (χ4n) is 2.15. The quantitative estimate of drug-likeness (QED) is 0.661. The summed E-state index contributed by atoms with van der Waals surface area (Å²) in [4.78, 5) is 10.9. The molecule has 1 aliphatic rings. The van der Waals surface area contributed by atoms with E-state index in [9.17, 15) is 0 Å². The van der Waals surface area contributed by atoms with Crippen LogP contribution in [0.2, 0.25) is 5.15 Å². The van der Waals surface area contributed by atoms with Gasteiger partial charge in [-0.2, -0.15) is 4.98 Å². The predicted molar refractivity (Wildman–Crippen MR) is 87.6 cm³/mol. The van der Waals surface area contributed by atoms with Crippen LogP contribution in [-0.4, -0.2) is 34.2 Å². The van der Waals surface area contributed by atoms with Crippen LogP contribution >= 0.6 is 23.8 Å². The molecule has 1 aliphatic heterocycles. The summed E-state index contributed by atoms with van der Waals surface area (Å²) in [5, 5.41) is 7.01. The third kappa shape index (κ3) is 4.45. The molecule has 5 nitrogen and oxygen atoms in total. The minimum Gasteiger partial charge on any atom is -0.360 e. The summed E-state index contributed by atoms with van der Waals surface area (Å²) in [5.41, 5.74) is 0. The summed E-state index contributed by atoms with van der Waals surface area (Å²) in [6.45, 7) is 6.07. The van der Waals surface area contributed by atoms with Gasteiger partial charge >= 0.3 is 0 Å².